The fourth-order valence-corrected chi connectivity index (χ4v) is 22.0. The number of fused-ring (bicyclic) bond motifs is 8. The van der Waals surface area contributed by atoms with E-state index in [2.05, 4.69) is 50.4 Å². The normalized spacial score (nSPS) is 14.6. The Labute approximate surface area is 764 Å². The highest BCUT2D eigenvalue weighted by Gasteiger charge is 2.35. The van der Waals surface area contributed by atoms with Crippen LogP contribution >= 0.6 is 92.3 Å². The van der Waals surface area contributed by atoms with Crippen LogP contribution in [-0.2, 0) is 70.2 Å². The maximum Gasteiger partial charge on any atom is 0.268 e. The number of hydrogen-bond acceptors (Lipinski definition) is 32. The molecule has 7 heterocycles. The summed E-state index contributed by atoms with van der Waals surface area (Å²) in [4.78, 5) is 21.1. The summed E-state index contributed by atoms with van der Waals surface area (Å²) in [6.45, 7) is 10.6. The summed E-state index contributed by atoms with van der Waals surface area (Å²) in [7, 11) is -18.4. The molecular formula is C82H86Cl3N12O19S10-. The predicted octanol–water partition coefficient (Wildman–Crippen LogP) is 15.4. The SMILES string of the molecule is CC(C)CCN1C(=Cc2sc3ccc(Cl)cc3[n+]2CCC(C)S(=O)(=O)O)Sc2ccc(Cl)cc21.CCN(C)c1nc(NO)nc(NO)n1.COc1ccc2c(c1)N(CCCS(=O)(=O)[O-])/C(=C/c1sc3ccc4ccccc4c3[n+]1CCCS(=O)(=O)[O-])S2.O=S(=O)([O-])CCC[n+]1c(/C=C2\Oc3ccc(-c4ccccc4)cc3N2CCS(=O)(=O)[O-])sc2ccc(Cl)cc21. The molecule has 0 saturated carbocycles. The van der Waals surface area contributed by atoms with Crippen LogP contribution in [0.4, 0.5) is 34.9 Å². The Bertz CT molecular complexity index is 6710. The van der Waals surface area contributed by atoms with Gasteiger partial charge < -0.3 is 47.3 Å². The van der Waals surface area contributed by atoms with Crippen LogP contribution in [0.5, 0.6) is 11.5 Å². The van der Waals surface area contributed by atoms with Crippen LogP contribution in [0.3, 0.4) is 0 Å². The van der Waals surface area contributed by atoms with Crippen molar-refractivity contribution in [3.8, 4) is 22.6 Å². The number of nitrogens with zero attached hydrogens (tertiary/aromatic N) is 10. The van der Waals surface area contributed by atoms with Gasteiger partial charge in [0.1, 0.15) is 19.8 Å². The highest BCUT2D eigenvalue weighted by Crippen LogP contribution is 2.51. The van der Waals surface area contributed by atoms with Crippen molar-refractivity contribution in [1.29, 1.82) is 0 Å². The highest BCUT2D eigenvalue weighted by atomic mass is 35.5. The van der Waals surface area contributed by atoms with E-state index in [0.29, 0.717) is 81.2 Å². The Kier molecular flexibility index (Phi) is 32.0. The Morgan fingerprint density at radius 3 is 1.63 bits per heavy atom. The molecule has 0 aliphatic carbocycles. The van der Waals surface area contributed by atoms with Gasteiger partial charge in [0, 0.05) is 113 Å². The van der Waals surface area contributed by atoms with Crippen molar-refractivity contribution in [3.05, 3.63) is 204 Å². The summed E-state index contributed by atoms with van der Waals surface area (Å²) in [5.74, 6) is 0.200. The summed E-state index contributed by atoms with van der Waals surface area (Å²) in [5, 5.41) is 24.7. The number of hydrogen-bond donors (Lipinski definition) is 5. The number of halogens is 3. The molecule has 5 N–H and O–H groups in total. The molecule has 44 heteroatoms. The lowest BCUT2D eigenvalue weighted by molar-refractivity contribution is -0.669. The predicted molar refractivity (Wildman–Crippen MR) is 495 cm³/mol. The van der Waals surface area contributed by atoms with Gasteiger partial charge in [-0.05, 0) is 128 Å². The number of aromatic nitrogens is 6. The number of anilines is 6. The molecule has 3 aliphatic rings. The smallest absolute Gasteiger partial charge is 0.268 e. The van der Waals surface area contributed by atoms with Crippen LogP contribution < -0.4 is 53.7 Å². The lowest BCUT2D eigenvalue weighted by Crippen LogP contribution is -2.37. The molecule has 4 aromatic heterocycles. The van der Waals surface area contributed by atoms with Crippen molar-refractivity contribution in [2.24, 2.45) is 5.92 Å². The summed E-state index contributed by atoms with van der Waals surface area (Å²) in [5.41, 5.74) is 10.6. The van der Waals surface area contributed by atoms with Crippen LogP contribution in [0.1, 0.15) is 74.8 Å². The van der Waals surface area contributed by atoms with Gasteiger partial charge in [0.05, 0.1) is 109 Å². The minimum absolute atomic E-state index is 0.0353. The van der Waals surface area contributed by atoms with E-state index in [1.165, 1.54) is 30.0 Å². The van der Waals surface area contributed by atoms with Gasteiger partial charge >= 0.3 is 0 Å². The van der Waals surface area contributed by atoms with E-state index in [1.54, 1.807) is 93.6 Å². The molecule has 31 nitrogen and oxygen atoms in total. The van der Waals surface area contributed by atoms with Gasteiger partial charge in [-0.25, -0.2) is 44.6 Å². The molecule has 0 radical (unpaired) electrons. The lowest BCUT2D eigenvalue weighted by Gasteiger charge is -2.21. The fraction of sp³-hybridized carbons (Fsp3) is 0.293. The molecule has 12 aromatic rings. The van der Waals surface area contributed by atoms with E-state index in [0.717, 1.165) is 107 Å². The van der Waals surface area contributed by atoms with Crippen LogP contribution in [0.15, 0.2) is 183 Å². The van der Waals surface area contributed by atoms with Crippen LogP contribution in [0.25, 0.3) is 70.8 Å². The van der Waals surface area contributed by atoms with Crippen molar-refractivity contribution in [2.75, 3.05) is 93.9 Å². The molecule has 0 bridgehead atoms. The molecule has 15 rings (SSSR count). The zero-order valence-corrected chi connectivity index (χ0v) is 78.7. The first-order valence-corrected chi connectivity index (χ1v) is 52.0. The van der Waals surface area contributed by atoms with Crippen molar-refractivity contribution in [1.82, 2.24) is 15.0 Å². The second kappa shape index (κ2) is 41.8. The van der Waals surface area contributed by atoms with Crippen molar-refractivity contribution in [2.45, 2.75) is 94.5 Å². The summed E-state index contributed by atoms with van der Waals surface area (Å²) >= 11 is 26.6. The van der Waals surface area contributed by atoms with Gasteiger partial charge in [-0.15, -0.1) is 0 Å². The third kappa shape index (κ3) is 25.5. The average molecular weight is 1970 g/mol. The van der Waals surface area contributed by atoms with Crippen molar-refractivity contribution >= 4 is 237 Å². The topological polar surface area (TPSA) is 429 Å². The van der Waals surface area contributed by atoms with E-state index in [-0.39, 0.29) is 50.7 Å². The molecular weight excluding hydrogens is 1880 g/mol. The maximum absolute atomic E-state index is 11.6. The van der Waals surface area contributed by atoms with Gasteiger partial charge in [0.15, 0.2) is 25.4 Å². The zero-order chi connectivity index (χ0) is 90.7. The van der Waals surface area contributed by atoms with Crippen LogP contribution in [-0.4, -0.2) is 159 Å². The van der Waals surface area contributed by atoms with E-state index >= 15 is 0 Å². The standard InChI is InChI=1S/C26H23ClN2O7S3.C26H26N2O7S4.C24H26Cl2N2O3S3.C6H12N6O2/c27-20-8-10-24-22(16-20)29(11-4-13-38(30,31)32)26(37-24)17-25-28(12-14-39(33,34)35)21-15-19(7-9-23(21)36-25)18-5-2-1-3-6-18;1-35-19-9-11-22-21(16-19)27(12-4-14-38(29,30)31)24(36-22)17-25-28(13-5-15-39(32,33)34)26-20-7-3-2-6-18(20)8-10-23(26)37-25;1-15(2)8-10-27-19-12-17(25)4-6-21(19)32-23(27)14-24-28(11-9-16(3)34(29,30)31)20-13-18(26)5-7-22(20)33-24;1-3-12(2)6-8-4(10-13)7-5(9-6)11-14/h1-3,5-10,15-17H,4,11-14H2,(H-,30,31,32,33,34,35);2-3,6-11,16-17H,4-5,12-15H2,1H3,(H-,29,30,31,32,33,34);4-7,12-16H,8-11H2,1-3H3;13-14H,3H2,1-2H3,(H2,7,8,9,10,11)/p-1. The molecule has 0 fully saturated rings. The van der Waals surface area contributed by atoms with E-state index < -0.39 is 78.9 Å². The Hall–Kier alpha value is -8.64. The Morgan fingerprint density at radius 2 is 1.05 bits per heavy atom. The summed E-state index contributed by atoms with van der Waals surface area (Å²) in [6.07, 6.45) is 7.60. The van der Waals surface area contributed by atoms with Crippen molar-refractivity contribution in [3.63, 3.8) is 0 Å². The number of methoxy groups -OCH3 is 1. The molecule has 3 aliphatic heterocycles. The first kappa shape index (κ1) is 96.4. The quantitative estimate of drug-likeness (QED) is 0.0153. The number of thioether (sulfide) groups is 2. The zero-order valence-electron chi connectivity index (χ0n) is 68.3. The molecule has 670 valence electrons. The van der Waals surface area contributed by atoms with Gasteiger partial charge in [-0.2, -0.15) is 37.1 Å². The monoisotopic (exact) mass is 1970 g/mol. The lowest BCUT2D eigenvalue weighted by atomic mass is 10.0. The first-order valence-electron chi connectivity index (χ1n) is 39.0. The third-order valence-corrected chi connectivity index (χ3v) is 30.5. The fourth-order valence-electron chi connectivity index (χ4n) is 13.6. The Morgan fingerprint density at radius 1 is 0.532 bits per heavy atom. The molecule has 0 saturated heterocycles. The minimum Gasteiger partial charge on any atom is -0.748 e. The third-order valence-electron chi connectivity index (χ3n) is 19.9. The minimum atomic E-state index is -4.51. The first-order chi connectivity index (χ1) is 59.7. The van der Waals surface area contributed by atoms with Crippen LogP contribution in [0.2, 0.25) is 15.1 Å². The second-order valence-corrected chi connectivity index (χ2v) is 43.8. The molecule has 1 unspecified atom stereocenters. The summed E-state index contributed by atoms with van der Waals surface area (Å²) in [6, 6.07) is 49.9. The second-order valence-electron chi connectivity index (χ2n) is 29.3. The van der Waals surface area contributed by atoms with Gasteiger partial charge in [0.2, 0.25) is 28.4 Å². The van der Waals surface area contributed by atoms with Gasteiger partial charge in [-0.1, -0.05) is 167 Å². The number of benzene rings is 8. The number of nitrogens with one attached hydrogen (secondary N) is 2. The average Bonchev–Trinajstić information content (AvgIpc) is 1.60. The highest BCUT2D eigenvalue weighted by molar-refractivity contribution is 8.04. The molecule has 126 heavy (non-hydrogen) atoms. The van der Waals surface area contributed by atoms with Crippen molar-refractivity contribution < 1.29 is 98.4 Å². The molecule has 0 spiro atoms. The number of aryl methyl sites for hydroxylation is 3. The summed E-state index contributed by atoms with van der Waals surface area (Å²) < 4.78 is 189. The molecule has 0 amide bonds. The number of rotatable bonds is 31. The molecule has 8 aromatic carbocycles. The maximum atomic E-state index is 11.6. The Balaban J connectivity index is 0.000000160. The largest absolute Gasteiger partial charge is 0.748 e. The van der Waals surface area contributed by atoms with Gasteiger partial charge in [0.25, 0.3) is 37.0 Å². The van der Waals surface area contributed by atoms with Crippen LogP contribution in [0, 0.1) is 5.92 Å². The van der Waals surface area contributed by atoms with Gasteiger partial charge in [-0.3, -0.25) is 15.0 Å². The number of ether oxygens (including phenoxy) is 2. The molecule has 1 atom stereocenters. The van der Waals surface area contributed by atoms with E-state index in [9.17, 15) is 64.9 Å². The van der Waals surface area contributed by atoms with E-state index in [4.69, 9.17) is 54.7 Å². The van der Waals surface area contributed by atoms with E-state index in [1.807, 2.05) is 160 Å². The number of thiazole rings is 3.